The topological polar surface area (TPSA) is 130 Å². The molecule has 1 saturated heterocycles. The molecule has 11 nitrogen and oxygen atoms in total. The number of hydrogen-bond donors (Lipinski definition) is 2. The first kappa shape index (κ1) is 20.5. The quantitative estimate of drug-likeness (QED) is 0.595. The van der Waals surface area contributed by atoms with E-state index in [2.05, 4.69) is 30.6 Å². The fourth-order valence-electron chi connectivity index (χ4n) is 3.62. The summed E-state index contributed by atoms with van der Waals surface area (Å²) in [4.78, 5) is 9.13. The summed E-state index contributed by atoms with van der Waals surface area (Å²) in [6, 6.07) is 0.0659. The van der Waals surface area contributed by atoms with E-state index in [1.54, 1.807) is 23.2 Å². The Bertz CT molecular complexity index is 1130. The predicted octanol–water partition coefficient (Wildman–Crippen LogP) is 1.38. The van der Waals surface area contributed by atoms with Gasteiger partial charge in [0.2, 0.25) is 21.6 Å². The third-order valence-electron chi connectivity index (χ3n) is 5.12. The average molecular weight is 435 g/mol. The third-order valence-corrected chi connectivity index (χ3v) is 6.39. The highest BCUT2D eigenvalue weighted by Gasteiger charge is 2.31. The lowest BCUT2D eigenvalue weighted by Crippen LogP contribution is -2.47. The van der Waals surface area contributed by atoms with Gasteiger partial charge in [-0.3, -0.25) is 5.10 Å². The van der Waals surface area contributed by atoms with Gasteiger partial charge < -0.3 is 10.1 Å². The van der Waals surface area contributed by atoms with Gasteiger partial charge in [0.25, 0.3) is 0 Å². The van der Waals surface area contributed by atoms with Crippen LogP contribution < -0.4 is 10.1 Å². The van der Waals surface area contributed by atoms with Crippen molar-refractivity contribution < 1.29 is 13.2 Å². The second-order valence-electron chi connectivity index (χ2n) is 7.92. The highest BCUT2D eigenvalue weighted by Crippen LogP contribution is 2.32. The van der Waals surface area contributed by atoms with Crippen molar-refractivity contribution in [3.05, 3.63) is 18.7 Å². The van der Waals surface area contributed by atoms with Crippen molar-refractivity contribution in [2.75, 3.05) is 24.7 Å². The molecular weight excluding hydrogens is 408 g/mol. The molecule has 1 aliphatic heterocycles. The van der Waals surface area contributed by atoms with E-state index in [9.17, 15) is 8.42 Å². The van der Waals surface area contributed by atoms with E-state index >= 15 is 0 Å². The molecule has 12 heteroatoms. The molecule has 30 heavy (non-hydrogen) atoms. The van der Waals surface area contributed by atoms with Crippen LogP contribution in [0.5, 0.6) is 5.75 Å². The second-order valence-corrected chi connectivity index (χ2v) is 9.90. The molecule has 2 N–H and O–H groups in total. The molecule has 0 amide bonds. The van der Waals surface area contributed by atoms with Gasteiger partial charge in [0.05, 0.1) is 18.6 Å². The summed E-state index contributed by atoms with van der Waals surface area (Å²) in [5, 5.41) is 14.6. The number of aromatic nitrogens is 6. The summed E-state index contributed by atoms with van der Waals surface area (Å²) in [6.07, 6.45) is 6.88. The van der Waals surface area contributed by atoms with E-state index in [0.29, 0.717) is 42.5 Å². The molecule has 0 aliphatic carbocycles. The minimum absolute atomic E-state index is 0.0659. The molecule has 0 unspecified atom stereocenters. The van der Waals surface area contributed by atoms with Crippen molar-refractivity contribution >= 4 is 21.6 Å². The van der Waals surface area contributed by atoms with Crippen LogP contribution in [0.2, 0.25) is 0 Å². The molecule has 2 atom stereocenters. The van der Waals surface area contributed by atoms with Gasteiger partial charge in [0, 0.05) is 30.9 Å². The smallest absolute Gasteiger partial charge is 0.243 e. The van der Waals surface area contributed by atoms with E-state index in [0.717, 1.165) is 5.56 Å². The highest BCUT2D eigenvalue weighted by molar-refractivity contribution is 7.88. The van der Waals surface area contributed by atoms with Gasteiger partial charge in [0.15, 0.2) is 5.75 Å². The summed E-state index contributed by atoms with van der Waals surface area (Å²) in [7, 11) is -3.18. The van der Waals surface area contributed by atoms with E-state index in [4.69, 9.17) is 4.74 Å². The Morgan fingerprint density at radius 1 is 1.37 bits per heavy atom. The summed E-state index contributed by atoms with van der Waals surface area (Å²) in [5.41, 5.74) is 1.99. The lowest BCUT2D eigenvalue weighted by molar-refractivity contribution is 0.244. The maximum atomic E-state index is 11.8. The van der Waals surface area contributed by atoms with Crippen LogP contribution in [0.15, 0.2) is 18.7 Å². The Morgan fingerprint density at radius 2 is 2.17 bits per heavy atom. The first-order valence-corrected chi connectivity index (χ1v) is 11.7. The average Bonchev–Trinajstić information content (AvgIpc) is 3.32. The summed E-state index contributed by atoms with van der Waals surface area (Å²) >= 11 is 0. The van der Waals surface area contributed by atoms with Crippen LogP contribution in [0.25, 0.3) is 16.9 Å². The number of anilines is 1. The second kappa shape index (κ2) is 7.84. The van der Waals surface area contributed by atoms with E-state index in [-0.39, 0.29) is 18.1 Å². The minimum atomic E-state index is -3.18. The van der Waals surface area contributed by atoms with Crippen LogP contribution in [0.3, 0.4) is 0 Å². The van der Waals surface area contributed by atoms with Gasteiger partial charge in [-0.05, 0) is 26.2 Å². The molecule has 4 rings (SSSR count). The van der Waals surface area contributed by atoms with Crippen LogP contribution in [0.1, 0.15) is 27.2 Å². The number of H-pyrrole nitrogens is 1. The Labute approximate surface area is 174 Å². The number of hydrogen-bond acceptors (Lipinski definition) is 8. The monoisotopic (exact) mass is 434 g/mol. The van der Waals surface area contributed by atoms with E-state index < -0.39 is 10.0 Å². The van der Waals surface area contributed by atoms with Crippen molar-refractivity contribution in [3.63, 3.8) is 0 Å². The molecule has 0 saturated carbocycles. The SMILES string of the molecule is CC(C)Oc1c(-c2cn[nH]c2)ncn2nc(N[C@H]3CCN(S(C)(=O)=O)C[C@H]3C)nc12. The maximum absolute atomic E-state index is 11.8. The Balaban J connectivity index is 1.62. The summed E-state index contributed by atoms with van der Waals surface area (Å²) in [5.74, 6) is 1.11. The Hall–Kier alpha value is -2.73. The van der Waals surface area contributed by atoms with Crippen molar-refractivity contribution in [2.24, 2.45) is 5.92 Å². The van der Waals surface area contributed by atoms with E-state index in [1.807, 2.05) is 20.8 Å². The zero-order valence-corrected chi connectivity index (χ0v) is 18.2. The molecule has 0 spiro atoms. The van der Waals surface area contributed by atoms with Crippen molar-refractivity contribution in [1.29, 1.82) is 0 Å². The van der Waals surface area contributed by atoms with Gasteiger partial charge in [-0.25, -0.2) is 17.7 Å². The lowest BCUT2D eigenvalue weighted by atomic mass is 9.95. The van der Waals surface area contributed by atoms with Gasteiger partial charge in [-0.2, -0.15) is 14.6 Å². The normalized spacial score (nSPS) is 20.7. The fraction of sp³-hybridized carbons (Fsp3) is 0.556. The van der Waals surface area contributed by atoms with Crippen LogP contribution in [-0.4, -0.2) is 74.0 Å². The standard InChI is InChI=1S/C18H26N8O3S/c1-11(2)29-16-15(13-7-20-21-8-13)19-10-26-17(16)23-18(24-26)22-14-5-6-25(9-12(14)3)30(4,27)28/h7-8,10-12,14H,5-6,9H2,1-4H3,(H,20,21)(H,22,24)/t12-,14+/m1/s1. The Morgan fingerprint density at radius 3 is 2.80 bits per heavy atom. The first-order chi connectivity index (χ1) is 14.2. The third kappa shape index (κ3) is 4.10. The predicted molar refractivity (Wildman–Crippen MR) is 112 cm³/mol. The number of aromatic amines is 1. The summed E-state index contributed by atoms with van der Waals surface area (Å²) < 4.78 is 32.8. The van der Waals surface area contributed by atoms with Gasteiger partial charge >= 0.3 is 0 Å². The molecular formula is C18H26N8O3S. The molecule has 3 aromatic rings. The molecule has 0 bridgehead atoms. The van der Waals surface area contributed by atoms with Crippen molar-refractivity contribution in [3.8, 4) is 17.0 Å². The molecule has 162 valence electrons. The van der Waals surface area contributed by atoms with Crippen molar-refractivity contribution in [1.82, 2.24) is 34.1 Å². The number of sulfonamides is 1. The minimum Gasteiger partial charge on any atom is -0.485 e. The molecule has 0 aromatic carbocycles. The van der Waals surface area contributed by atoms with Gasteiger partial charge in [-0.1, -0.05) is 6.92 Å². The number of nitrogens with zero attached hydrogens (tertiary/aromatic N) is 6. The molecule has 0 radical (unpaired) electrons. The number of fused-ring (bicyclic) bond motifs is 1. The van der Waals surface area contributed by atoms with Crippen molar-refractivity contribution in [2.45, 2.75) is 39.3 Å². The highest BCUT2D eigenvalue weighted by atomic mass is 32.2. The summed E-state index contributed by atoms with van der Waals surface area (Å²) in [6.45, 7) is 6.85. The zero-order chi connectivity index (χ0) is 21.5. The van der Waals surface area contributed by atoms with Crippen LogP contribution in [-0.2, 0) is 10.0 Å². The maximum Gasteiger partial charge on any atom is 0.243 e. The molecule has 1 aliphatic rings. The van der Waals surface area contributed by atoms with Crippen LogP contribution in [0, 0.1) is 5.92 Å². The molecule has 1 fully saturated rings. The van der Waals surface area contributed by atoms with Gasteiger partial charge in [-0.15, -0.1) is 5.10 Å². The first-order valence-electron chi connectivity index (χ1n) is 9.85. The Kier molecular flexibility index (Phi) is 5.36. The van der Waals surface area contributed by atoms with Crippen LogP contribution in [0.4, 0.5) is 5.95 Å². The zero-order valence-electron chi connectivity index (χ0n) is 17.4. The number of nitrogens with one attached hydrogen (secondary N) is 2. The molecule has 4 heterocycles. The van der Waals surface area contributed by atoms with Gasteiger partial charge in [0.1, 0.15) is 12.0 Å². The lowest BCUT2D eigenvalue weighted by Gasteiger charge is -2.35. The van der Waals surface area contributed by atoms with E-state index in [1.165, 1.54) is 10.6 Å². The fourth-order valence-corrected chi connectivity index (χ4v) is 4.56. The van der Waals surface area contributed by atoms with Crippen LogP contribution >= 0.6 is 0 Å². The number of rotatable bonds is 6. The number of ether oxygens (including phenoxy) is 1. The number of piperidine rings is 1. The largest absolute Gasteiger partial charge is 0.485 e. The molecule has 3 aromatic heterocycles.